The first-order chi connectivity index (χ1) is 19.8. The van der Waals surface area contributed by atoms with Crippen LogP contribution in [-0.2, 0) is 19.1 Å². The van der Waals surface area contributed by atoms with Crippen LogP contribution in [-0.4, -0.2) is 79.2 Å². The van der Waals surface area contributed by atoms with Crippen LogP contribution in [0.4, 0.5) is 4.79 Å². The summed E-state index contributed by atoms with van der Waals surface area (Å²) in [4.78, 5) is 41.1. The van der Waals surface area contributed by atoms with Crippen molar-refractivity contribution >= 4 is 28.9 Å². The molecule has 0 spiro atoms. The van der Waals surface area contributed by atoms with Crippen LogP contribution in [0.15, 0.2) is 0 Å². The second-order valence-corrected chi connectivity index (χ2v) is 12.5. The highest BCUT2D eigenvalue weighted by Crippen LogP contribution is 2.17. The number of carbonyl (C=O) groups is 3. The topological polar surface area (TPSA) is 76.1 Å². The molecule has 0 aromatic heterocycles. The number of hydrogen-bond donors (Lipinski definition) is 0. The van der Waals surface area contributed by atoms with E-state index < -0.39 is 0 Å². The Labute approximate surface area is 257 Å². The molecule has 0 aliphatic rings. The van der Waals surface area contributed by atoms with Crippen LogP contribution in [0, 0.1) is 0 Å². The highest BCUT2D eigenvalue weighted by atomic mass is 32.2. The zero-order valence-corrected chi connectivity index (χ0v) is 28.2. The number of hydrogen-bond acceptors (Lipinski definition) is 7. The molecule has 1 amide bonds. The number of ether oxygens (including phenoxy) is 2. The Kier molecular flexibility index (Phi) is 27.9. The quantitative estimate of drug-likeness (QED) is 0.0657. The van der Waals surface area contributed by atoms with E-state index in [9.17, 15) is 14.4 Å². The summed E-state index contributed by atoms with van der Waals surface area (Å²) in [7, 11) is 4.04. The molecule has 8 heteroatoms. The molecule has 0 N–H and O–H groups in total. The van der Waals surface area contributed by atoms with E-state index in [1.807, 2.05) is 25.9 Å². The van der Waals surface area contributed by atoms with Crippen LogP contribution in [0.3, 0.4) is 0 Å². The summed E-state index contributed by atoms with van der Waals surface area (Å²) in [5, 5.41) is 0.118. The first-order valence-corrected chi connectivity index (χ1v) is 17.7. The van der Waals surface area contributed by atoms with Crippen molar-refractivity contribution in [2.75, 3.05) is 46.1 Å². The highest BCUT2D eigenvalue weighted by molar-refractivity contribution is 8.13. The van der Waals surface area contributed by atoms with Gasteiger partial charge in [-0.1, -0.05) is 89.8 Å². The molecule has 1 unspecified atom stereocenters. The lowest BCUT2D eigenvalue weighted by Crippen LogP contribution is -2.31. The van der Waals surface area contributed by atoms with Crippen molar-refractivity contribution in [1.29, 1.82) is 0 Å². The monoisotopic (exact) mass is 600 g/mol. The maximum absolute atomic E-state index is 13.0. The minimum absolute atomic E-state index is 0.0374. The number of carbonyl (C=O) groups excluding carboxylic acids is 3. The van der Waals surface area contributed by atoms with Crippen LogP contribution >= 0.6 is 11.8 Å². The molecule has 242 valence electrons. The minimum atomic E-state index is -0.113. The van der Waals surface area contributed by atoms with Gasteiger partial charge < -0.3 is 19.3 Å². The van der Waals surface area contributed by atoms with Gasteiger partial charge in [-0.3, -0.25) is 14.4 Å². The summed E-state index contributed by atoms with van der Waals surface area (Å²) in [5.41, 5.74) is 0. The van der Waals surface area contributed by atoms with Crippen molar-refractivity contribution in [1.82, 2.24) is 9.80 Å². The van der Waals surface area contributed by atoms with Crippen molar-refractivity contribution in [3.05, 3.63) is 0 Å². The van der Waals surface area contributed by atoms with Crippen LogP contribution in [0.1, 0.15) is 143 Å². The number of rotatable bonds is 28. The molecule has 0 aromatic carbocycles. The van der Waals surface area contributed by atoms with E-state index in [0.717, 1.165) is 89.5 Å². The summed E-state index contributed by atoms with van der Waals surface area (Å²) in [6.45, 7) is 8.91. The van der Waals surface area contributed by atoms with Gasteiger partial charge >= 0.3 is 11.9 Å². The molecule has 0 saturated carbocycles. The van der Waals surface area contributed by atoms with Gasteiger partial charge in [0.15, 0.2) is 0 Å². The third-order valence-electron chi connectivity index (χ3n) is 7.25. The largest absolute Gasteiger partial charge is 0.466 e. The van der Waals surface area contributed by atoms with Gasteiger partial charge in [-0.15, -0.1) is 0 Å². The zero-order chi connectivity index (χ0) is 30.6. The van der Waals surface area contributed by atoms with Gasteiger partial charge in [0.05, 0.1) is 6.61 Å². The van der Waals surface area contributed by atoms with Gasteiger partial charge in [-0.05, 0) is 66.0 Å². The van der Waals surface area contributed by atoms with E-state index in [2.05, 4.69) is 18.7 Å². The molecule has 0 rings (SSSR count). The second-order valence-electron chi connectivity index (χ2n) is 11.5. The molecular weight excluding hydrogens is 536 g/mol. The van der Waals surface area contributed by atoms with Crippen molar-refractivity contribution < 1.29 is 23.9 Å². The molecule has 1 atom stereocenters. The maximum atomic E-state index is 13.0. The molecule has 7 nitrogen and oxygen atoms in total. The predicted molar refractivity (Wildman–Crippen MR) is 174 cm³/mol. The van der Waals surface area contributed by atoms with Crippen molar-refractivity contribution in [3.8, 4) is 0 Å². The summed E-state index contributed by atoms with van der Waals surface area (Å²) < 4.78 is 10.9. The molecule has 0 radical (unpaired) electrons. The Hall–Kier alpha value is -1.28. The molecule has 41 heavy (non-hydrogen) atoms. The van der Waals surface area contributed by atoms with E-state index in [4.69, 9.17) is 9.47 Å². The molecule has 0 heterocycles. The number of esters is 2. The summed E-state index contributed by atoms with van der Waals surface area (Å²) in [5.74, 6) is 0.564. The standard InChI is InChI=1S/C33H64N2O5S/c1-6-9-11-18-23-30(22-17-10-7-2)40-32(37)25-21-27-35(33(38)41-29-28-34(4)5)26-20-16-14-12-13-15-19-24-31(36)39-8-3/h30H,6-29H2,1-5H3. The average molecular weight is 601 g/mol. The van der Waals surface area contributed by atoms with Crippen LogP contribution in [0.5, 0.6) is 0 Å². The van der Waals surface area contributed by atoms with E-state index in [-0.39, 0.29) is 23.3 Å². The van der Waals surface area contributed by atoms with Crippen LogP contribution in [0.25, 0.3) is 0 Å². The smallest absolute Gasteiger partial charge is 0.306 e. The van der Waals surface area contributed by atoms with Crippen LogP contribution in [0.2, 0.25) is 0 Å². The van der Waals surface area contributed by atoms with Crippen molar-refractivity contribution in [2.45, 2.75) is 149 Å². The molecular formula is C33H64N2O5S. The molecule has 0 bridgehead atoms. The van der Waals surface area contributed by atoms with Gasteiger partial charge in [-0.25, -0.2) is 0 Å². The lowest BCUT2D eigenvalue weighted by atomic mass is 10.0. The fourth-order valence-electron chi connectivity index (χ4n) is 4.73. The van der Waals surface area contributed by atoms with E-state index in [1.165, 1.54) is 43.9 Å². The van der Waals surface area contributed by atoms with E-state index in [1.54, 1.807) is 0 Å². The normalized spacial score (nSPS) is 12.0. The number of thioether (sulfide) groups is 1. The zero-order valence-electron chi connectivity index (χ0n) is 27.4. The molecule has 0 aliphatic heterocycles. The summed E-state index contributed by atoms with van der Waals surface area (Å²) in [6, 6.07) is 0. The number of nitrogens with zero attached hydrogens (tertiary/aromatic N) is 2. The molecule has 0 fully saturated rings. The Morgan fingerprint density at radius 3 is 1.80 bits per heavy atom. The average Bonchev–Trinajstić information content (AvgIpc) is 2.93. The molecule has 0 aromatic rings. The van der Waals surface area contributed by atoms with Crippen LogP contribution < -0.4 is 0 Å². The lowest BCUT2D eigenvalue weighted by molar-refractivity contribution is -0.150. The fourth-order valence-corrected chi connectivity index (χ4v) is 5.73. The third kappa shape index (κ3) is 26.1. The van der Waals surface area contributed by atoms with Gasteiger partial charge in [0, 0.05) is 38.2 Å². The predicted octanol–water partition coefficient (Wildman–Crippen LogP) is 8.63. The molecule has 0 aliphatic carbocycles. The third-order valence-corrected chi connectivity index (χ3v) is 8.14. The van der Waals surface area contributed by atoms with Crippen molar-refractivity contribution in [2.24, 2.45) is 0 Å². The summed E-state index contributed by atoms with van der Waals surface area (Å²) in [6.07, 6.45) is 19.2. The lowest BCUT2D eigenvalue weighted by Gasteiger charge is -2.23. The Balaban J connectivity index is 4.50. The first-order valence-electron chi connectivity index (χ1n) is 16.7. The number of amides is 1. The van der Waals surface area contributed by atoms with Gasteiger partial charge in [0.25, 0.3) is 5.24 Å². The van der Waals surface area contributed by atoms with Gasteiger partial charge in [0.1, 0.15) is 6.10 Å². The Bertz CT molecular complexity index is 647. The van der Waals surface area contributed by atoms with E-state index in [0.29, 0.717) is 32.4 Å². The fraction of sp³-hybridized carbons (Fsp3) is 0.909. The van der Waals surface area contributed by atoms with Gasteiger partial charge in [-0.2, -0.15) is 0 Å². The first kappa shape index (κ1) is 39.7. The summed E-state index contributed by atoms with van der Waals surface area (Å²) >= 11 is 1.38. The minimum Gasteiger partial charge on any atom is -0.466 e. The Morgan fingerprint density at radius 2 is 1.17 bits per heavy atom. The SMILES string of the molecule is CCCCCCC(CCCCC)OC(=O)CCCN(CCCCCCCCCC(=O)OCC)C(=O)SCCN(C)C. The van der Waals surface area contributed by atoms with Crippen molar-refractivity contribution in [3.63, 3.8) is 0 Å². The van der Waals surface area contributed by atoms with Gasteiger partial charge in [0.2, 0.25) is 0 Å². The Morgan fingerprint density at radius 1 is 0.634 bits per heavy atom. The maximum Gasteiger partial charge on any atom is 0.306 e. The highest BCUT2D eigenvalue weighted by Gasteiger charge is 2.17. The number of unbranched alkanes of at least 4 members (excludes halogenated alkanes) is 11. The second kappa shape index (κ2) is 28.8. The molecule has 0 saturated heterocycles. The van der Waals surface area contributed by atoms with E-state index >= 15 is 0 Å².